The first-order chi connectivity index (χ1) is 10.1. The first-order valence-electron chi connectivity index (χ1n) is 7.00. The van der Waals surface area contributed by atoms with Gasteiger partial charge in [0.2, 0.25) is 0 Å². The normalized spacial score (nSPS) is 12.8. The fraction of sp³-hybridized carbons (Fsp3) is 0.235. The van der Waals surface area contributed by atoms with Crippen LogP contribution in [-0.2, 0) is 0 Å². The van der Waals surface area contributed by atoms with E-state index >= 15 is 0 Å². The van der Waals surface area contributed by atoms with Gasteiger partial charge in [-0.2, -0.15) is 0 Å². The summed E-state index contributed by atoms with van der Waals surface area (Å²) in [7, 11) is 0. The first kappa shape index (κ1) is 13.8. The van der Waals surface area contributed by atoms with Crippen molar-refractivity contribution in [3.63, 3.8) is 0 Å². The Kier molecular flexibility index (Phi) is 3.47. The minimum absolute atomic E-state index is 0.237. The van der Waals surface area contributed by atoms with Crippen LogP contribution in [0.15, 0.2) is 42.7 Å². The van der Waals surface area contributed by atoms with Gasteiger partial charge in [0.15, 0.2) is 0 Å². The summed E-state index contributed by atoms with van der Waals surface area (Å²) in [6, 6.07) is 10.6. The van der Waals surface area contributed by atoms with Gasteiger partial charge in [-0.25, -0.2) is 9.37 Å². The van der Waals surface area contributed by atoms with Gasteiger partial charge in [-0.3, -0.25) is 0 Å². The van der Waals surface area contributed by atoms with Crippen LogP contribution in [0.1, 0.15) is 22.7 Å². The second kappa shape index (κ2) is 5.30. The van der Waals surface area contributed by atoms with Crippen molar-refractivity contribution >= 4 is 11.0 Å². The number of aromatic nitrogens is 2. The lowest BCUT2D eigenvalue weighted by molar-refractivity contribution is 0.544. The lowest BCUT2D eigenvalue weighted by atomic mass is 10.0. The van der Waals surface area contributed by atoms with Crippen molar-refractivity contribution in [2.75, 3.05) is 6.54 Å². The van der Waals surface area contributed by atoms with Gasteiger partial charge in [0, 0.05) is 12.1 Å². The molecule has 2 N–H and O–H groups in total. The Labute approximate surface area is 123 Å². The fourth-order valence-electron chi connectivity index (χ4n) is 2.67. The molecular formula is C17H18FN3. The lowest BCUT2D eigenvalue weighted by Crippen LogP contribution is -2.21. The molecule has 0 bridgehead atoms. The number of hydrogen-bond donors (Lipinski definition) is 1. The highest BCUT2D eigenvalue weighted by molar-refractivity contribution is 5.77. The SMILES string of the molecule is Cc1cc2ncn(C(CN)c3ccccc3F)c2cc1C. The van der Waals surface area contributed by atoms with Gasteiger partial charge in [-0.1, -0.05) is 18.2 Å². The third-order valence-corrected chi connectivity index (χ3v) is 4.01. The van der Waals surface area contributed by atoms with Crippen LogP contribution < -0.4 is 5.73 Å². The van der Waals surface area contributed by atoms with Gasteiger partial charge in [0.25, 0.3) is 0 Å². The van der Waals surface area contributed by atoms with Crippen molar-refractivity contribution in [2.24, 2.45) is 5.73 Å². The Morgan fingerprint density at radius 2 is 1.90 bits per heavy atom. The number of rotatable bonds is 3. The third-order valence-electron chi connectivity index (χ3n) is 4.01. The molecule has 1 atom stereocenters. The molecule has 0 saturated heterocycles. The zero-order valence-corrected chi connectivity index (χ0v) is 12.2. The van der Waals surface area contributed by atoms with E-state index in [4.69, 9.17) is 5.73 Å². The molecule has 3 nitrogen and oxygen atoms in total. The molecule has 3 aromatic rings. The maximum Gasteiger partial charge on any atom is 0.128 e. The van der Waals surface area contributed by atoms with Crippen molar-refractivity contribution in [2.45, 2.75) is 19.9 Å². The van der Waals surface area contributed by atoms with Crippen LogP contribution in [0.3, 0.4) is 0 Å². The van der Waals surface area contributed by atoms with Crippen molar-refractivity contribution in [3.8, 4) is 0 Å². The van der Waals surface area contributed by atoms with Crippen LogP contribution in [0.5, 0.6) is 0 Å². The Balaban J connectivity index is 2.18. The quantitative estimate of drug-likeness (QED) is 0.801. The van der Waals surface area contributed by atoms with E-state index in [1.807, 2.05) is 10.6 Å². The zero-order chi connectivity index (χ0) is 15.0. The number of nitrogens with zero attached hydrogens (tertiary/aromatic N) is 2. The Morgan fingerprint density at radius 1 is 1.19 bits per heavy atom. The third kappa shape index (κ3) is 2.32. The zero-order valence-electron chi connectivity index (χ0n) is 12.2. The van der Waals surface area contributed by atoms with Gasteiger partial charge >= 0.3 is 0 Å². The van der Waals surface area contributed by atoms with E-state index in [0.29, 0.717) is 12.1 Å². The molecule has 1 heterocycles. The summed E-state index contributed by atoms with van der Waals surface area (Å²) >= 11 is 0. The number of halogens is 1. The van der Waals surface area contributed by atoms with E-state index in [-0.39, 0.29) is 11.9 Å². The van der Waals surface area contributed by atoms with Crippen LogP contribution in [0.2, 0.25) is 0 Å². The van der Waals surface area contributed by atoms with Crippen LogP contribution >= 0.6 is 0 Å². The van der Waals surface area contributed by atoms with Crippen molar-refractivity contribution in [3.05, 3.63) is 65.2 Å². The van der Waals surface area contributed by atoms with E-state index in [1.165, 1.54) is 17.2 Å². The van der Waals surface area contributed by atoms with E-state index in [0.717, 1.165) is 11.0 Å². The highest BCUT2D eigenvalue weighted by Gasteiger charge is 2.18. The van der Waals surface area contributed by atoms with Crippen molar-refractivity contribution < 1.29 is 4.39 Å². The summed E-state index contributed by atoms with van der Waals surface area (Å²) in [4.78, 5) is 4.43. The number of hydrogen-bond acceptors (Lipinski definition) is 2. The Hall–Kier alpha value is -2.20. The molecule has 0 spiro atoms. The molecule has 0 saturated carbocycles. The molecule has 108 valence electrons. The Morgan fingerprint density at radius 3 is 2.62 bits per heavy atom. The molecule has 21 heavy (non-hydrogen) atoms. The average molecular weight is 283 g/mol. The first-order valence-corrected chi connectivity index (χ1v) is 7.00. The average Bonchev–Trinajstić information content (AvgIpc) is 2.85. The topological polar surface area (TPSA) is 43.8 Å². The molecule has 0 aliphatic rings. The molecule has 0 aliphatic heterocycles. The number of benzene rings is 2. The van der Waals surface area contributed by atoms with Crippen LogP contribution in [0.25, 0.3) is 11.0 Å². The molecule has 0 aliphatic carbocycles. The summed E-state index contributed by atoms with van der Waals surface area (Å²) < 4.78 is 16.0. The maximum absolute atomic E-state index is 14.1. The smallest absolute Gasteiger partial charge is 0.128 e. The second-order valence-electron chi connectivity index (χ2n) is 5.35. The van der Waals surface area contributed by atoms with Crippen LogP contribution in [-0.4, -0.2) is 16.1 Å². The molecule has 3 rings (SSSR count). The predicted molar refractivity (Wildman–Crippen MR) is 82.8 cm³/mol. The number of fused-ring (bicyclic) bond motifs is 1. The molecule has 0 radical (unpaired) electrons. The van der Waals surface area contributed by atoms with E-state index in [9.17, 15) is 4.39 Å². The molecular weight excluding hydrogens is 265 g/mol. The fourth-order valence-corrected chi connectivity index (χ4v) is 2.67. The summed E-state index contributed by atoms with van der Waals surface area (Å²) in [6.07, 6.45) is 1.74. The highest BCUT2D eigenvalue weighted by Crippen LogP contribution is 2.26. The van der Waals surface area contributed by atoms with Crippen LogP contribution in [0, 0.1) is 19.7 Å². The van der Waals surface area contributed by atoms with Crippen molar-refractivity contribution in [1.82, 2.24) is 9.55 Å². The minimum atomic E-state index is -0.252. The van der Waals surface area contributed by atoms with Gasteiger partial charge in [0.05, 0.1) is 23.4 Å². The van der Waals surface area contributed by atoms with Gasteiger partial charge in [-0.05, 0) is 43.2 Å². The number of aryl methyl sites for hydroxylation is 2. The maximum atomic E-state index is 14.1. The molecule has 0 amide bonds. The van der Waals surface area contributed by atoms with E-state index in [1.54, 1.807) is 18.5 Å². The summed E-state index contributed by atoms with van der Waals surface area (Å²) in [5, 5.41) is 0. The van der Waals surface area contributed by atoms with Gasteiger partial charge < -0.3 is 10.3 Å². The summed E-state index contributed by atoms with van der Waals surface area (Å²) in [6.45, 7) is 4.44. The minimum Gasteiger partial charge on any atom is -0.328 e. The second-order valence-corrected chi connectivity index (χ2v) is 5.35. The molecule has 0 fully saturated rings. The number of nitrogens with two attached hydrogens (primary N) is 1. The van der Waals surface area contributed by atoms with Gasteiger partial charge in [-0.15, -0.1) is 0 Å². The monoisotopic (exact) mass is 283 g/mol. The molecule has 1 unspecified atom stereocenters. The standard InChI is InChI=1S/C17H18FN3/c1-11-7-15-16(8-12(11)2)21(10-20-15)17(9-19)13-5-3-4-6-14(13)18/h3-8,10,17H,9,19H2,1-2H3. The van der Waals surface area contributed by atoms with Crippen molar-refractivity contribution in [1.29, 1.82) is 0 Å². The van der Waals surface area contributed by atoms with Crippen LogP contribution in [0.4, 0.5) is 4.39 Å². The summed E-state index contributed by atoms with van der Waals surface area (Å²) in [5.74, 6) is -0.237. The van der Waals surface area contributed by atoms with E-state index < -0.39 is 0 Å². The predicted octanol–water partition coefficient (Wildman–Crippen LogP) is 3.34. The highest BCUT2D eigenvalue weighted by atomic mass is 19.1. The Bertz CT molecular complexity index is 792. The molecule has 4 heteroatoms. The summed E-state index contributed by atoms with van der Waals surface area (Å²) in [5.41, 5.74) is 10.8. The van der Waals surface area contributed by atoms with Gasteiger partial charge in [0.1, 0.15) is 5.82 Å². The molecule has 1 aromatic heterocycles. The number of imidazole rings is 1. The lowest BCUT2D eigenvalue weighted by Gasteiger charge is -2.19. The molecule has 2 aromatic carbocycles. The largest absolute Gasteiger partial charge is 0.328 e. The van der Waals surface area contributed by atoms with E-state index in [2.05, 4.69) is 31.0 Å².